The smallest absolute Gasteiger partial charge is 0.0837 e. The Bertz CT molecular complexity index is 425. The molecule has 17 heavy (non-hydrogen) atoms. The van der Waals surface area contributed by atoms with Gasteiger partial charge in [0.15, 0.2) is 0 Å². The standard InChI is InChI=1S/C12H15BrCl2N2/c1-7-6-17(8(2)5-16-7)10-4-3-9(13)11(14)12(10)15/h3-4,7-8,16H,5-6H2,1-2H3. The third-order valence-electron chi connectivity index (χ3n) is 3.09. The van der Waals surface area contributed by atoms with Gasteiger partial charge >= 0.3 is 0 Å². The average Bonchev–Trinajstić information content (AvgIpc) is 2.30. The van der Waals surface area contributed by atoms with Crippen LogP contribution >= 0.6 is 39.1 Å². The third kappa shape index (κ3) is 2.73. The molecule has 1 aliphatic rings. The minimum absolute atomic E-state index is 0.418. The lowest BCUT2D eigenvalue weighted by atomic mass is 10.1. The van der Waals surface area contributed by atoms with Crippen molar-refractivity contribution in [1.29, 1.82) is 0 Å². The van der Waals surface area contributed by atoms with Crippen LogP contribution in [0.3, 0.4) is 0 Å². The van der Waals surface area contributed by atoms with Crippen LogP contribution in [0.2, 0.25) is 10.0 Å². The van der Waals surface area contributed by atoms with Crippen molar-refractivity contribution in [1.82, 2.24) is 5.32 Å². The van der Waals surface area contributed by atoms with E-state index >= 15 is 0 Å². The van der Waals surface area contributed by atoms with E-state index in [9.17, 15) is 0 Å². The molecule has 2 atom stereocenters. The Labute approximate surface area is 120 Å². The SMILES string of the molecule is CC1CN(c2ccc(Br)c(Cl)c2Cl)C(C)CN1. The minimum atomic E-state index is 0.418. The van der Waals surface area contributed by atoms with Crippen molar-refractivity contribution < 1.29 is 0 Å². The molecule has 2 rings (SSSR count). The number of anilines is 1. The van der Waals surface area contributed by atoms with Crippen molar-refractivity contribution in [3.05, 3.63) is 26.7 Å². The fourth-order valence-electron chi connectivity index (χ4n) is 2.09. The average molecular weight is 338 g/mol. The first kappa shape index (κ1) is 13.5. The predicted octanol–water partition coefficient (Wildman–Crippen LogP) is 3.94. The molecule has 0 aromatic heterocycles. The van der Waals surface area contributed by atoms with E-state index in [1.807, 2.05) is 12.1 Å². The van der Waals surface area contributed by atoms with Gasteiger partial charge in [0.25, 0.3) is 0 Å². The van der Waals surface area contributed by atoms with Crippen LogP contribution in [0.25, 0.3) is 0 Å². The monoisotopic (exact) mass is 336 g/mol. The highest BCUT2D eigenvalue weighted by atomic mass is 79.9. The number of piperazine rings is 1. The Morgan fingerprint density at radius 1 is 1.29 bits per heavy atom. The number of hydrogen-bond donors (Lipinski definition) is 1. The summed E-state index contributed by atoms with van der Waals surface area (Å²) in [4.78, 5) is 2.31. The summed E-state index contributed by atoms with van der Waals surface area (Å²) in [6, 6.07) is 4.85. The van der Waals surface area contributed by atoms with E-state index < -0.39 is 0 Å². The van der Waals surface area contributed by atoms with Crippen molar-refractivity contribution in [3.8, 4) is 0 Å². The second-order valence-corrected chi connectivity index (χ2v) is 6.12. The molecule has 1 aromatic carbocycles. The first-order valence-corrected chi connectivity index (χ1v) is 7.19. The summed E-state index contributed by atoms with van der Waals surface area (Å²) in [5.41, 5.74) is 1.01. The number of benzene rings is 1. The molecule has 0 aliphatic carbocycles. The van der Waals surface area contributed by atoms with Crippen LogP contribution in [0.4, 0.5) is 5.69 Å². The molecule has 5 heteroatoms. The number of halogens is 3. The second kappa shape index (κ2) is 5.35. The summed E-state index contributed by atoms with van der Waals surface area (Å²) in [6.45, 7) is 6.27. The fraction of sp³-hybridized carbons (Fsp3) is 0.500. The van der Waals surface area contributed by atoms with Crippen LogP contribution < -0.4 is 10.2 Å². The lowest BCUT2D eigenvalue weighted by molar-refractivity contribution is 0.425. The van der Waals surface area contributed by atoms with Gasteiger partial charge in [-0.2, -0.15) is 0 Å². The Hall–Kier alpha value is 0.0400. The quantitative estimate of drug-likeness (QED) is 0.781. The van der Waals surface area contributed by atoms with Gasteiger partial charge in [-0.05, 0) is 41.9 Å². The summed E-state index contributed by atoms with van der Waals surface area (Å²) < 4.78 is 0.837. The molecule has 1 saturated heterocycles. The summed E-state index contributed by atoms with van der Waals surface area (Å²) in [5, 5.41) is 4.66. The largest absolute Gasteiger partial charge is 0.365 e. The molecule has 0 amide bonds. The minimum Gasteiger partial charge on any atom is -0.365 e. The molecule has 2 unspecified atom stereocenters. The summed E-state index contributed by atoms with van der Waals surface area (Å²) in [5.74, 6) is 0. The van der Waals surface area contributed by atoms with Crippen LogP contribution in [0.5, 0.6) is 0 Å². The lowest BCUT2D eigenvalue weighted by Gasteiger charge is -2.39. The number of rotatable bonds is 1. The van der Waals surface area contributed by atoms with Gasteiger partial charge in [-0.3, -0.25) is 0 Å². The third-order valence-corrected chi connectivity index (χ3v) is 4.85. The molecule has 0 saturated carbocycles. The van der Waals surface area contributed by atoms with E-state index in [0.29, 0.717) is 22.1 Å². The molecule has 0 spiro atoms. The highest BCUT2D eigenvalue weighted by molar-refractivity contribution is 9.10. The van der Waals surface area contributed by atoms with Gasteiger partial charge < -0.3 is 10.2 Å². The van der Waals surface area contributed by atoms with Crippen LogP contribution in [-0.4, -0.2) is 25.2 Å². The predicted molar refractivity (Wildman–Crippen MR) is 78.4 cm³/mol. The van der Waals surface area contributed by atoms with E-state index in [1.165, 1.54) is 0 Å². The topological polar surface area (TPSA) is 15.3 Å². The van der Waals surface area contributed by atoms with Gasteiger partial charge in [0.05, 0.1) is 15.7 Å². The van der Waals surface area contributed by atoms with Crippen LogP contribution in [0.1, 0.15) is 13.8 Å². The molecule has 1 heterocycles. The second-order valence-electron chi connectivity index (χ2n) is 4.51. The lowest BCUT2D eigenvalue weighted by Crippen LogP contribution is -2.54. The molecule has 1 aliphatic heterocycles. The van der Waals surface area contributed by atoms with Gasteiger partial charge in [0.2, 0.25) is 0 Å². The van der Waals surface area contributed by atoms with E-state index in [2.05, 4.69) is 40.0 Å². The zero-order valence-electron chi connectivity index (χ0n) is 9.80. The molecular formula is C12H15BrCl2N2. The normalized spacial score (nSPS) is 25.1. The molecule has 94 valence electrons. The van der Waals surface area contributed by atoms with Crippen molar-refractivity contribution >= 4 is 44.8 Å². The first-order valence-electron chi connectivity index (χ1n) is 5.64. The molecule has 2 nitrogen and oxygen atoms in total. The maximum atomic E-state index is 6.32. The molecule has 0 radical (unpaired) electrons. The van der Waals surface area contributed by atoms with E-state index in [0.717, 1.165) is 23.2 Å². The van der Waals surface area contributed by atoms with E-state index in [1.54, 1.807) is 0 Å². The van der Waals surface area contributed by atoms with Crippen LogP contribution in [-0.2, 0) is 0 Å². The Morgan fingerprint density at radius 2 is 2.00 bits per heavy atom. The fourth-order valence-corrected chi connectivity index (χ4v) is 2.97. The molecule has 1 fully saturated rings. The Kier molecular flexibility index (Phi) is 4.24. The van der Waals surface area contributed by atoms with E-state index in [-0.39, 0.29) is 0 Å². The molecule has 1 N–H and O–H groups in total. The number of nitrogens with one attached hydrogen (secondary N) is 1. The van der Waals surface area contributed by atoms with Crippen LogP contribution in [0, 0.1) is 0 Å². The summed E-state index contributed by atoms with van der Waals surface area (Å²) >= 11 is 15.9. The number of nitrogens with zero attached hydrogens (tertiary/aromatic N) is 1. The highest BCUT2D eigenvalue weighted by Gasteiger charge is 2.25. The van der Waals surface area contributed by atoms with Gasteiger partial charge in [0.1, 0.15) is 0 Å². The molecule has 1 aromatic rings. The zero-order valence-corrected chi connectivity index (χ0v) is 12.9. The van der Waals surface area contributed by atoms with Crippen molar-refractivity contribution in [3.63, 3.8) is 0 Å². The Morgan fingerprint density at radius 3 is 2.71 bits per heavy atom. The van der Waals surface area contributed by atoms with Gasteiger partial charge in [-0.1, -0.05) is 23.2 Å². The summed E-state index contributed by atoms with van der Waals surface area (Å²) in [7, 11) is 0. The first-order chi connectivity index (χ1) is 8.00. The molecule has 0 bridgehead atoms. The zero-order chi connectivity index (χ0) is 12.6. The Balaban J connectivity index is 2.36. The highest BCUT2D eigenvalue weighted by Crippen LogP contribution is 2.38. The maximum Gasteiger partial charge on any atom is 0.0837 e. The molecular weight excluding hydrogens is 323 g/mol. The van der Waals surface area contributed by atoms with Gasteiger partial charge in [-0.15, -0.1) is 0 Å². The van der Waals surface area contributed by atoms with Gasteiger partial charge in [0, 0.05) is 29.6 Å². The van der Waals surface area contributed by atoms with Gasteiger partial charge in [-0.25, -0.2) is 0 Å². The maximum absolute atomic E-state index is 6.32. The van der Waals surface area contributed by atoms with Crippen molar-refractivity contribution in [2.75, 3.05) is 18.0 Å². The summed E-state index contributed by atoms with van der Waals surface area (Å²) in [6.07, 6.45) is 0. The number of hydrogen-bond acceptors (Lipinski definition) is 2. The van der Waals surface area contributed by atoms with Crippen molar-refractivity contribution in [2.24, 2.45) is 0 Å². The van der Waals surface area contributed by atoms with Crippen LogP contribution in [0.15, 0.2) is 16.6 Å². The van der Waals surface area contributed by atoms with E-state index in [4.69, 9.17) is 23.2 Å². The van der Waals surface area contributed by atoms with Crippen molar-refractivity contribution in [2.45, 2.75) is 25.9 Å².